The molecule has 0 aliphatic carbocycles. The van der Waals surface area contributed by atoms with Crippen molar-refractivity contribution in [2.75, 3.05) is 5.75 Å². The number of aromatic amines is 1. The minimum Gasteiger partial charge on any atom is -0.351 e. The third-order valence-electron chi connectivity index (χ3n) is 3.70. The second-order valence-corrected chi connectivity index (χ2v) is 6.78. The molecular weight excluding hydrogens is 298 g/mol. The van der Waals surface area contributed by atoms with Gasteiger partial charge in [0, 0.05) is 5.54 Å². The summed E-state index contributed by atoms with van der Waals surface area (Å²) in [5.74, 6) is 1.03. The van der Waals surface area contributed by atoms with Crippen molar-refractivity contribution in [2.45, 2.75) is 37.9 Å². The molecular formula is C15H19N5OS. The Balaban J connectivity index is 1.78. The van der Waals surface area contributed by atoms with Crippen LogP contribution in [0.4, 0.5) is 0 Å². The number of H-pyrrole nitrogens is 1. The number of hydrogen-bond acceptors (Lipinski definition) is 4. The summed E-state index contributed by atoms with van der Waals surface area (Å²) in [4.78, 5) is 16.5. The first-order valence-electron chi connectivity index (χ1n) is 7.25. The number of rotatable bonds is 5. The van der Waals surface area contributed by atoms with Crippen molar-refractivity contribution in [3.63, 3.8) is 0 Å². The van der Waals surface area contributed by atoms with Crippen molar-refractivity contribution in [1.82, 2.24) is 24.9 Å². The van der Waals surface area contributed by atoms with Crippen LogP contribution in [0.15, 0.2) is 29.4 Å². The predicted molar refractivity (Wildman–Crippen MR) is 88.1 cm³/mol. The highest BCUT2D eigenvalue weighted by Gasteiger charge is 2.19. The topological polar surface area (TPSA) is 75.1 Å². The van der Waals surface area contributed by atoms with E-state index in [0.717, 1.165) is 22.6 Å². The summed E-state index contributed by atoms with van der Waals surface area (Å²) in [7, 11) is 0. The number of thioether (sulfide) groups is 1. The molecule has 1 aromatic carbocycles. The summed E-state index contributed by atoms with van der Waals surface area (Å²) in [6.45, 7) is 6.10. The summed E-state index contributed by atoms with van der Waals surface area (Å²) in [6, 6.07) is 7.87. The van der Waals surface area contributed by atoms with Gasteiger partial charge in [0.2, 0.25) is 11.7 Å². The first-order chi connectivity index (χ1) is 10.5. The largest absolute Gasteiger partial charge is 0.351 e. The second-order valence-electron chi connectivity index (χ2n) is 5.84. The van der Waals surface area contributed by atoms with Crippen molar-refractivity contribution in [2.24, 2.45) is 0 Å². The minimum absolute atomic E-state index is 0.0115. The average Bonchev–Trinajstić information content (AvgIpc) is 3.03. The van der Waals surface area contributed by atoms with Crippen LogP contribution in [0.5, 0.6) is 0 Å². The Morgan fingerprint density at radius 1 is 1.41 bits per heavy atom. The molecule has 0 aliphatic heterocycles. The Morgan fingerprint density at radius 3 is 2.95 bits per heavy atom. The predicted octanol–water partition coefficient (Wildman–Crippen LogP) is 2.61. The maximum absolute atomic E-state index is 12.1. The van der Waals surface area contributed by atoms with Crippen molar-refractivity contribution in [1.29, 1.82) is 0 Å². The molecule has 3 rings (SSSR count). The number of benzene rings is 1. The summed E-state index contributed by atoms with van der Waals surface area (Å²) in [6.07, 6.45) is 0.891. The Kier molecular flexibility index (Phi) is 3.82. The van der Waals surface area contributed by atoms with Gasteiger partial charge in [-0.1, -0.05) is 30.8 Å². The van der Waals surface area contributed by atoms with Gasteiger partial charge >= 0.3 is 0 Å². The van der Waals surface area contributed by atoms with E-state index in [-0.39, 0.29) is 11.4 Å². The van der Waals surface area contributed by atoms with Crippen molar-refractivity contribution in [3.05, 3.63) is 24.3 Å². The molecule has 0 aliphatic rings. The van der Waals surface area contributed by atoms with E-state index >= 15 is 0 Å². The van der Waals surface area contributed by atoms with E-state index in [1.807, 2.05) is 42.5 Å². The molecule has 2 N–H and O–H groups in total. The van der Waals surface area contributed by atoms with E-state index in [2.05, 4.69) is 27.4 Å². The number of nitrogens with one attached hydrogen (secondary N) is 2. The van der Waals surface area contributed by atoms with Crippen LogP contribution < -0.4 is 5.32 Å². The molecule has 22 heavy (non-hydrogen) atoms. The summed E-state index contributed by atoms with van der Waals surface area (Å²) >= 11 is 1.40. The zero-order chi connectivity index (χ0) is 15.7. The molecule has 0 atom stereocenters. The van der Waals surface area contributed by atoms with Crippen molar-refractivity contribution in [3.8, 4) is 0 Å². The van der Waals surface area contributed by atoms with Crippen LogP contribution in [0, 0.1) is 0 Å². The standard InChI is InChI=1S/C15H19N5OS/c1-4-15(2,3)17-12(21)9-22-14-19-18-13-16-10-7-5-6-8-11(10)20(13)14/h5-8H,4,9H2,1-3H3,(H,16,18)(H,17,21). The number of nitrogens with zero attached hydrogens (tertiary/aromatic N) is 3. The number of carbonyl (C=O) groups excluding carboxylic acids is 1. The van der Waals surface area contributed by atoms with Crippen molar-refractivity contribution < 1.29 is 4.79 Å². The van der Waals surface area contributed by atoms with Gasteiger partial charge in [0.15, 0.2) is 5.16 Å². The molecule has 0 bridgehead atoms. The van der Waals surface area contributed by atoms with E-state index in [9.17, 15) is 4.79 Å². The Labute approximate surface area is 132 Å². The summed E-state index contributed by atoms with van der Waals surface area (Å²) in [5, 5.41) is 10.9. The van der Waals surface area contributed by atoms with Crippen LogP contribution in [0.3, 0.4) is 0 Å². The number of hydrogen-bond donors (Lipinski definition) is 2. The van der Waals surface area contributed by atoms with Gasteiger partial charge in [-0.2, -0.15) is 0 Å². The van der Waals surface area contributed by atoms with Crippen LogP contribution in [-0.2, 0) is 4.79 Å². The number of para-hydroxylation sites is 2. The normalized spacial score (nSPS) is 12.1. The highest BCUT2D eigenvalue weighted by Crippen LogP contribution is 2.22. The first-order valence-corrected chi connectivity index (χ1v) is 8.24. The number of carbonyl (C=O) groups is 1. The lowest BCUT2D eigenvalue weighted by atomic mass is 10.0. The molecule has 0 radical (unpaired) electrons. The monoisotopic (exact) mass is 317 g/mol. The fourth-order valence-corrected chi connectivity index (χ4v) is 2.93. The third-order valence-corrected chi connectivity index (χ3v) is 4.64. The molecule has 0 fully saturated rings. The van der Waals surface area contributed by atoms with E-state index in [0.29, 0.717) is 11.5 Å². The van der Waals surface area contributed by atoms with E-state index in [4.69, 9.17) is 0 Å². The SMILES string of the molecule is CCC(C)(C)NC(=O)CSc1n[nH]c2nc3ccccc3n12. The van der Waals surface area contributed by atoms with Gasteiger partial charge in [-0.15, -0.1) is 5.10 Å². The highest BCUT2D eigenvalue weighted by atomic mass is 32.2. The fraction of sp³-hybridized carbons (Fsp3) is 0.400. The Hall–Kier alpha value is -2.02. The van der Waals surface area contributed by atoms with Gasteiger partial charge in [-0.25, -0.2) is 10.1 Å². The zero-order valence-corrected chi connectivity index (χ0v) is 13.7. The molecule has 0 spiro atoms. The lowest BCUT2D eigenvalue weighted by molar-refractivity contribution is -0.120. The molecule has 116 valence electrons. The molecule has 0 saturated carbocycles. The molecule has 0 saturated heterocycles. The molecule has 0 unspecified atom stereocenters. The molecule has 6 nitrogen and oxygen atoms in total. The number of fused-ring (bicyclic) bond motifs is 3. The number of amides is 1. The average molecular weight is 317 g/mol. The van der Waals surface area contributed by atoms with Crippen LogP contribution in [0.1, 0.15) is 27.2 Å². The maximum Gasteiger partial charge on any atom is 0.231 e. The zero-order valence-electron chi connectivity index (χ0n) is 12.9. The van der Waals surface area contributed by atoms with Crippen LogP contribution >= 0.6 is 11.8 Å². The quantitative estimate of drug-likeness (QED) is 0.709. The van der Waals surface area contributed by atoms with Gasteiger partial charge < -0.3 is 5.32 Å². The molecule has 1 amide bonds. The van der Waals surface area contributed by atoms with E-state index < -0.39 is 0 Å². The molecule has 3 aromatic rings. The second kappa shape index (κ2) is 5.64. The summed E-state index contributed by atoms with van der Waals surface area (Å²) < 4.78 is 1.94. The van der Waals surface area contributed by atoms with Crippen LogP contribution in [-0.4, -0.2) is 36.8 Å². The van der Waals surface area contributed by atoms with Crippen molar-refractivity contribution >= 4 is 34.5 Å². The third kappa shape index (κ3) is 2.81. The number of aromatic nitrogens is 4. The van der Waals surface area contributed by atoms with E-state index in [1.165, 1.54) is 11.8 Å². The van der Waals surface area contributed by atoms with E-state index in [1.54, 1.807) is 0 Å². The van der Waals surface area contributed by atoms with Gasteiger partial charge in [0.1, 0.15) is 0 Å². The van der Waals surface area contributed by atoms with Gasteiger partial charge in [0.05, 0.1) is 16.8 Å². The Bertz CT molecular complexity index is 820. The fourth-order valence-electron chi connectivity index (χ4n) is 2.17. The van der Waals surface area contributed by atoms with Crippen LogP contribution in [0.25, 0.3) is 16.8 Å². The lowest BCUT2D eigenvalue weighted by Gasteiger charge is -2.24. The molecule has 2 heterocycles. The molecule has 2 aromatic heterocycles. The van der Waals surface area contributed by atoms with Crippen LogP contribution in [0.2, 0.25) is 0 Å². The minimum atomic E-state index is -0.180. The highest BCUT2D eigenvalue weighted by molar-refractivity contribution is 7.99. The number of imidazole rings is 1. The van der Waals surface area contributed by atoms with Gasteiger partial charge in [0.25, 0.3) is 0 Å². The van der Waals surface area contributed by atoms with Gasteiger partial charge in [-0.3, -0.25) is 9.20 Å². The molecule has 7 heteroatoms. The maximum atomic E-state index is 12.1. The first kappa shape index (κ1) is 14.9. The smallest absolute Gasteiger partial charge is 0.231 e. The Morgan fingerprint density at radius 2 is 2.18 bits per heavy atom. The van der Waals surface area contributed by atoms with Gasteiger partial charge in [-0.05, 0) is 32.4 Å². The lowest BCUT2D eigenvalue weighted by Crippen LogP contribution is -2.43. The summed E-state index contributed by atoms with van der Waals surface area (Å²) in [5.41, 5.74) is 1.72.